The van der Waals surface area contributed by atoms with Crippen molar-refractivity contribution in [1.82, 2.24) is 9.38 Å². The lowest BCUT2D eigenvalue weighted by Crippen LogP contribution is -2.19. The Kier molecular flexibility index (Phi) is 4.78. The average molecular weight is 388 g/mol. The summed E-state index contributed by atoms with van der Waals surface area (Å²) < 4.78 is 14.7. The number of amides is 2. The van der Waals surface area contributed by atoms with Crippen molar-refractivity contribution in [2.45, 2.75) is 6.92 Å². The summed E-state index contributed by atoms with van der Waals surface area (Å²) in [5.74, 6) is -0.541. The maximum absolute atomic E-state index is 12.9. The van der Waals surface area contributed by atoms with E-state index in [0.717, 1.165) is 5.56 Å². The predicted octanol–water partition coefficient (Wildman–Crippen LogP) is 4.66. The van der Waals surface area contributed by atoms with Gasteiger partial charge in [0.05, 0.1) is 6.20 Å². The Balaban J connectivity index is 1.46. The number of imidazole rings is 1. The number of hydrogen-bond acceptors (Lipinski definition) is 3. The van der Waals surface area contributed by atoms with Crippen molar-refractivity contribution in [1.29, 1.82) is 0 Å². The summed E-state index contributed by atoms with van der Waals surface area (Å²) >= 11 is 0. The molecule has 4 aromatic rings. The van der Waals surface area contributed by atoms with Crippen LogP contribution >= 0.6 is 0 Å². The zero-order chi connectivity index (χ0) is 20.4. The molecule has 0 aliphatic rings. The van der Waals surface area contributed by atoms with E-state index in [1.807, 2.05) is 25.3 Å². The molecule has 0 atom stereocenters. The second-order valence-electron chi connectivity index (χ2n) is 6.57. The lowest BCUT2D eigenvalue weighted by Gasteiger charge is -2.08. The molecule has 2 aromatic carbocycles. The number of aryl methyl sites for hydroxylation is 1. The van der Waals surface area contributed by atoms with Crippen LogP contribution in [0, 0.1) is 12.7 Å². The number of fused-ring (bicyclic) bond motifs is 1. The van der Waals surface area contributed by atoms with Gasteiger partial charge in [-0.15, -0.1) is 0 Å². The molecule has 4 rings (SSSR count). The Hall–Kier alpha value is -4.00. The normalized spacial score (nSPS) is 10.7. The Morgan fingerprint density at radius 2 is 1.55 bits per heavy atom. The van der Waals surface area contributed by atoms with Gasteiger partial charge in [-0.25, -0.2) is 14.2 Å². The number of carbonyl (C=O) groups excluding carboxylic acids is 2. The molecule has 0 unspecified atom stereocenters. The van der Waals surface area contributed by atoms with Crippen molar-refractivity contribution in [3.05, 3.63) is 95.7 Å². The fourth-order valence-electron chi connectivity index (χ4n) is 2.93. The van der Waals surface area contributed by atoms with Crippen molar-refractivity contribution in [2.24, 2.45) is 0 Å². The number of ketones is 1. The van der Waals surface area contributed by atoms with Gasteiger partial charge in [-0.3, -0.25) is 9.20 Å². The number of benzene rings is 2. The highest BCUT2D eigenvalue weighted by Crippen LogP contribution is 2.17. The van der Waals surface area contributed by atoms with E-state index in [4.69, 9.17) is 0 Å². The largest absolute Gasteiger partial charge is 0.323 e. The molecule has 0 saturated heterocycles. The van der Waals surface area contributed by atoms with E-state index in [9.17, 15) is 14.0 Å². The summed E-state index contributed by atoms with van der Waals surface area (Å²) in [6, 6.07) is 15.4. The van der Waals surface area contributed by atoms with Gasteiger partial charge in [0.2, 0.25) is 5.78 Å². The zero-order valence-corrected chi connectivity index (χ0v) is 15.5. The number of pyridine rings is 1. The third-order valence-electron chi connectivity index (χ3n) is 4.41. The molecule has 6 nitrogen and oxygen atoms in total. The van der Waals surface area contributed by atoms with Crippen LogP contribution in [0.5, 0.6) is 0 Å². The summed E-state index contributed by atoms with van der Waals surface area (Å²) in [5, 5.41) is 5.28. The molecule has 0 aliphatic heterocycles. The lowest BCUT2D eigenvalue weighted by atomic mass is 10.1. The van der Waals surface area contributed by atoms with Gasteiger partial charge in [0.25, 0.3) is 0 Å². The third-order valence-corrected chi connectivity index (χ3v) is 4.41. The Labute approximate surface area is 166 Å². The summed E-state index contributed by atoms with van der Waals surface area (Å²) in [6.45, 7) is 1.97. The first-order valence-corrected chi connectivity index (χ1v) is 8.92. The summed E-state index contributed by atoms with van der Waals surface area (Å²) in [4.78, 5) is 29.2. The fraction of sp³-hybridized carbons (Fsp3) is 0.0455. The van der Waals surface area contributed by atoms with E-state index in [1.54, 1.807) is 34.9 Å². The maximum Gasteiger partial charge on any atom is 0.323 e. The molecule has 2 amide bonds. The molecule has 2 aromatic heterocycles. The molecular formula is C22H17FN4O2. The number of anilines is 2. The average Bonchev–Trinajstić information content (AvgIpc) is 3.12. The lowest BCUT2D eigenvalue weighted by molar-refractivity contribution is 0.103. The van der Waals surface area contributed by atoms with Crippen LogP contribution in [0.2, 0.25) is 0 Å². The highest BCUT2D eigenvalue weighted by Gasteiger charge is 2.14. The van der Waals surface area contributed by atoms with E-state index in [-0.39, 0.29) is 11.6 Å². The van der Waals surface area contributed by atoms with Gasteiger partial charge in [-0.05, 0) is 73.2 Å². The fourth-order valence-corrected chi connectivity index (χ4v) is 2.93. The van der Waals surface area contributed by atoms with Crippen LogP contribution in [0.25, 0.3) is 5.65 Å². The quantitative estimate of drug-likeness (QED) is 0.500. The number of halogens is 1. The Morgan fingerprint density at radius 3 is 2.21 bits per heavy atom. The molecule has 0 aliphatic carbocycles. The van der Waals surface area contributed by atoms with Crippen molar-refractivity contribution < 1.29 is 14.0 Å². The second kappa shape index (κ2) is 7.55. The minimum absolute atomic E-state index is 0.163. The molecule has 2 N–H and O–H groups in total. The number of carbonyl (C=O) groups is 2. The van der Waals surface area contributed by atoms with Crippen LogP contribution in [0.15, 0.2) is 73.1 Å². The number of hydrogen-bond donors (Lipinski definition) is 2. The van der Waals surface area contributed by atoms with Crippen LogP contribution in [-0.2, 0) is 0 Å². The van der Waals surface area contributed by atoms with Crippen molar-refractivity contribution in [3.8, 4) is 0 Å². The van der Waals surface area contributed by atoms with Crippen LogP contribution in [0.3, 0.4) is 0 Å². The van der Waals surface area contributed by atoms with Gasteiger partial charge in [-0.1, -0.05) is 0 Å². The summed E-state index contributed by atoms with van der Waals surface area (Å²) in [5.41, 5.74) is 3.72. The summed E-state index contributed by atoms with van der Waals surface area (Å²) in [6.07, 6.45) is 3.38. The molecule has 0 bridgehead atoms. The van der Waals surface area contributed by atoms with Crippen molar-refractivity contribution in [2.75, 3.05) is 10.6 Å². The zero-order valence-electron chi connectivity index (χ0n) is 15.5. The molecule has 29 heavy (non-hydrogen) atoms. The number of urea groups is 1. The van der Waals surface area contributed by atoms with E-state index >= 15 is 0 Å². The number of rotatable bonds is 4. The first-order valence-electron chi connectivity index (χ1n) is 8.92. The van der Waals surface area contributed by atoms with Crippen LogP contribution in [0.1, 0.15) is 21.6 Å². The molecule has 0 saturated carbocycles. The number of aromatic nitrogens is 2. The first-order chi connectivity index (χ1) is 14.0. The predicted molar refractivity (Wildman–Crippen MR) is 109 cm³/mol. The maximum atomic E-state index is 12.9. The smallest absolute Gasteiger partial charge is 0.308 e. The molecule has 144 valence electrons. The van der Waals surface area contributed by atoms with E-state index in [0.29, 0.717) is 28.3 Å². The molecule has 0 spiro atoms. The van der Waals surface area contributed by atoms with Crippen LogP contribution < -0.4 is 10.6 Å². The molecule has 7 heteroatoms. The van der Waals surface area contributed by atoms with E-state index in [2.05, 4.69) is 15.6 Å². The minimum Gasteiger partial charge on any atom is -0.308 e. The van der Waals surface area contributed by atoms with Crippen molar-refractivity contribution >= 4 is 28.8 Å². The Morgan fingerprint density at radius 1 is 0.931 bits per heavy atom. The minimum atomic E-state index is -0.465. The molecule has 0 fully saturated rings. The van der Waals surface area contributed by atoms with Gasteiger partial charge in [0.1, 0.15) is 17.2 Å². The van der Waals surface area contributed by atoms with E-state index < -0.39 is 6.03 Å². The van der Waals surface area contributed by atoms with Gasteiger partial charge in [-0.2, -0.15) is 0 Å². The van der Waals surface area contributed by atoms with Crippen LogP contribution in [-0.4, -0.2) is 21.2 Å². The van der Waals surface area contributed by atoms with Crippen LogP contribution in [0.4, 0.5) is 20.6 Å². The topological polar surface area (TPSA) is 75.5 Å². The van der Waals surface area contributed by atoms with Crippen molar-refractivity contribution in [3.63, 3.8) is 0 Å². The molecule has 0 radical (unpaired) electrons. The third kappa shape index (κ3) is 3.98. The Bertz CT molecular complexity index is 1200. The monoisotopic (exact) mass is 388 g/mol. The van der Waals surface area contributed by atoms with Gasteiger partial charge in [0.15, 0.2) is 0 Å². The SMILES string of the molecule is Cc1ccn2c(C(=O)c3ccc(NC(=O)Nc4ccc(F)cc4)cc3)cnc2c1. The number of nitrogens with one attached hydrogen (secondary N) is 2. The van der Waals surface area contributed by atoms with Gasteiger partial charge in [0, 0.05) is 23.1 Å². The second-order valence-corrected chi connectivity index (χ2v) is 6.57. The summed E-state index contributed by atoms with van der Waals surface area (Å²) in [7, 11) is 0. The highest BCUT2D eigenvalue weighted by atomic mass is 19.1. The van der Waals surface area contributed by atoms with E-state index in [1.165, 1.54) is 24.3 Å². The molecule has 2 heterocycles. The highest BCUT2D eigenvalue weighted by molar-refractivity contribution is 6.08. The first kappa shape index (κ1) is 18.4. The molecular weight excluding hydrogens is 371 g/mol. The standard InChI is InChI=1S/C22H17FN4O2/c1-14-10-11-27-19(13-24-20(27)12-14)21(28)15-2-6-17(7-3-15)25-22(29)26-18-8-4-16(23)5-9-18/h2-13H,1H3,(H2,25,26,29). The van der Waals surface area contributed by atoms with Gasteiger partial charge < -0.3 is 10.6 Å². The number of nitrogens with zero attached hydrogens (tertiary/aromatic N) is 2. The van der Waals surface area contributed by atoms with Gasteiger partial charge >= 0.3 is 6.03 Å².